The smallest absolute Gasteiger partial charge is 0.213 e. The standard InChI is InChI=1S/C13H15ClN2O/c1-8-5-4-6-11(14)13(8)15-7-12-16-9(2)10(3)17-12/h4-6,15H,7H2,1-3H3. The van der Waals surface area contributed by atoms with Gasteiger partial charge in [-0.25, -0.2) is 4.98 Å². The number of aromatic nitrogens is 1. The normalized spacial score (nSPS) is 10.6. The first-order valence-electron chi connectivity index (χ1n) is 5.50. The number of hydrogen-bond donors (Lipinski definition) is 1. The molecule has 0 aliphatic carbocycles. The van der Waals surface area contributed by atoms with E-state index < -0.39 is 0 Å². The molecule has 0 saturated heterocycles. The third kappa shape index (κ3) is 2.61. The Labute approximate surface area is 106 Å². The van der Waals surface area contributed by atoms with Crippen LogP contribution in [0.3, 0.4) is 0 Å². The van der Waals surface area contributed by atoms with Crippen molar-refractivity contribution in [3.63, 3.8) is 0 Å². The predicted molar refractivity (Wildman–Crippen MR) is 69.5 cm³/mol. The number of para-hydroxylation sites is 1. The largest absolute Gasteiger partial charge is 0.444 e. The number of halogens is 1. The van der Waals surface area contributed by atoms with Crippen LogP contribution in [0.25, 0.3) is 0 Å². The van der Waals surface area contributed by atoms with Gasteiger partial charge in [-0.05, 0) is 32.4 Å². The number of anilines is 1. The maximum Gasteiger partial charge on any atom is 0.213 e. The molecule has 2 aromatic rings. The average molecular weight is 251 g/mol. The summed E-state index contributed by atoms with van der Waals surface area (Å²) in [7, 11) is 0. The van der Waals surface area contributed by atoms with Crippen LogP contribution in [0.5, 0.6) is 0 Å². The quantitative estimate of drug-likeness (QED) is 0.899. The van der Waals surface area contributed by atoms with Gasteiger partial charge in [0.25, 0.3) is 0 Å². The van der Waals surface area contributed by atoms with Crippen LogP contribution in [0.15, 0.2) is 22.6 Å². The second-order valence-corrected chi connectivity index (χ2v) is 4.44. The summed E-state index contributed by atoms with van der Waals surface area (Å²) in [6, 6.07) is 5.81. The fraction of sp³-hybridized carbons (Fsp3) is 0.308. The zero-order valence-corrected chi connectivity index (χ0v) is 10.9. The predicted octanol–water partition coefficient (Wildman–Crippen LogP) is 3.87. The van der Waals surface area contributed by atoms with E-state index in [0.29, 0.717) is 17.5 Å². The van der Waals surface area contributed by atoms with E-state index in [4.69, 9.17) is 16.0 Å². The molecule has 1 heterocycles. The zero-order chi connectivity index (χ0) is 12.4. The highest BCUT2D eigenvalue weighted by molar-refractivity contribution is 6.33. The lowest BCUT2D eigenvalue weighted by atomic mass is 10.2. The van der Waals surface area contributed by atoms with Gasteiger partial charge in [-0.3, -0.25) is 0 Å². The second-order valence-electron chi connectivity index (χ2n) is 4.03. The van der Waals surface area contributed by atoms with Crippen molar-refractivity contribution in [1.29, 1.82) is 0 Å². The number of aryl methyl sites for hydroxylation is 3. The number of oxazole rings is 1. The van der Waals surface area contributed by atoms with Gasteiger partial charge in [-0.1, -0.05) is 23.7 Å². The fourth-order valence-corrected chi connectivity index (χ4v) is 1.92. The Morgan fingerprint density at radius 3 is 2.65 bits per heavy atom. The van der Waals surface area contributed by atoms with Crippen LogP contribution in [0, 0.1) is 20.8 Å². The summed E-state index contributed by atoms with van der Waals surface area (Å²) >= 11 is 6.12. The number of rotatable bonds is 3. The summed E-state index contributed by atoms with van der Waals surface area (Å²) in [5.74, 6) is 1.54. The zero-order valence-electron chi connectivity index (χ0n) is 10.2. The first-order valence-corrected chi connectivity index (χ1v) is 5.87. The molecule has 0 unspecified atom stereocenters. The molecule has 1 aromatic heterocycles. The summed E-state index contributed by atoms with van der Waals surface area (Å²) in [5.41, 5.74) is 2.97. The van der Waals surface area contributed by atoms with Crippen molar-refractivity contribution in [2.45, 2.75) is 27.3 Å². The maximum absolute atomic E-state index is 6.12. The molecule has 3 nitrogen and oxygen atoms in total. The number of nitrogens with zero attached hydrogens (tertiary/aromatic N) is 1. The minimum Gasteiger partial charge on any atom is -0.444 e. The molecule has 0 radical (unpaired) electrons. The van der Waals surface area contributed by atoms with Gasteiger partial charge in [0, 0.05) is 0 Å². The summed E-state index contributed by atoms with van der Waals surface area (Å²) in [4.78, 5) is 4.31. The van der Waals surface area contributed by atoms with Gasteiger partial charge in [0.05, 0.1) is 22.9 Å². The highest BCUT2D eigenvalue weighted by Gasteiger charge is 2.07. The van der Waals surface area contributed by atoms with Crippen molar-refractivity contribution in [2.75, 3.05) is 5.32 Å². The second kappa shape index (κ2) is 4.80. The third-order valence-electron chi connectivity index (χ3n) is 2.71. The molecule has 1 N–H and O–H groups in total. The molecule has 0 atom stereocenters. The Hall–Kier alpha value is -1.48. The molecule has 2 rings (SSSR count). The van der Waals surface area contributed by atoms with E-state index in [2.05, 4.69) is 10.3 Å². The first-order chi connectivity index (χ1) is 8.08. The summed E-state index contributed by atoms with van der Waals surface area (Å²) in [5, 5.41) is 3.96. The SMILES string of the molecule is Cc1cccc(Cl)c1NCc1nc(C)c(C)o1. The molecule has 0 aliphatic heterocycles. The van der Waals surface area contributed by atoms with Crippen LogP contribution in [-0.2, 0) is 6.54 Å². The molecule has 0 bridgehead atoms. The highest BCUT2D eigenvalue weighted by Crippen LogP contribution is 2.25. The molecule has 0 fully saturated rings. The van der Waals surface area contributed by atoms with Crippen molar-refractivity contribution in [2.24, 2.45) is 0 Å². The molecule has 0 aliphatic rings. The van der Waals surface area contributed by atoms with Crippen molar-refractivity contribution in [1.82, 2.24) is 4.98 Å². The van der Waals surface area contributed by atoms with Gasteiger partial charge < -0.3 is 9.73 Å². The van der Waals surface area contributed by atoms with Crippen LogP contribution < -0.4 is 5.32 Å². The lowest BCUT2D eigenvalue weighted by Gasteiger charge is -2.09. The summed E-state index contributed by atoms with van der Waals surface area (Å²) in [6.07, 6.45) is 0. The van der Waals surface area contributed by atoms with Crippen molar-refractivity contribution >= 4 is 17.3 Å². The van der Waals surface area contributed by atoms with E-state index in [-0.39, 0.29) is 0 Å². The highest BCUT2D eigenvalue weighted by atomic mass is 35.5. The average Bonchev–Trinajstić information content (AvgIpc) is 2.58. The number of hydrogen-bond acceptors (Lipinski definition) is 3. The number of benzene rings is 1. The van der Waals surface area contributed by atoms with Gasteiger partial charge in [0.1, 0.15) is 5.76 Å². The minimum atomic E-state index is 0.541. The Kier molecular flexibility index (Phi) is 3.38. The fourth-order valence-electron chi connectivity index (χ4n) is 1.63. The molecular formula is C13H15ClN2O. The van der Waals surface area contributed by atoms with Crippen LogP contribution in [0.4, 0.5) is 5.69 Å². The van der Waals surface area contributed by atoms with E-state index in [1.54, 1.807) is 0 Å². The maximum atomic E-state index is 6.12. The van der Waals surface area contributed by atoms with Crippen LogP contribution in [-0.4, -0.2) is 4.98 Å². The van der Waals surface area contributed by atoms with Crippen LogP contribution >= 0.6 is 11.6 Å². The Morgan fingerprint density at radius 1 is 1.29 bits per heavy atom. The van der Waals surface area contributed by atoms with E-state index in [9.17, 15) is 0 Å². The van der Waals surface area contributed by atoms with Crippen molar-refractivity contribution < 1.29 is 4.42 Å². The lowest BCUT2D eigenvalue weighted by Crippen LogP contribution is -2.02. The Morgan fingerprint density at radius 2 is 2.06 bits per heavy atom. The van der Waals surface area contributed by atoms with Gasteiger partial charge in [0.2, 0.25) is 5.89 Å². The van der Waals surface area contributed by atoms with E-state index >= 15 is 0 Å². The van der Waals surface area contributed by atoms with Crippen molar-refractivity contribution in [3.8, 4) is 0 Å². The Balaban J connectivity index is 2.12. The Bertz CT molecular complexity index is 494. The molecule has 90 valence electrons. The van der Waals surface area contributed by atoms with Gasteiger partial charge in [0.15, 0.2) is 0 Å². The first kappa shape index (κ1) is 12.0. The molecule has 17 heavy (non-hydrogen) atoms. The molecule has 0 amide bonds. The minimum absolute atomic E-state index is 0.541. The van der Waals surface area contributed by atoms with Gasteiger partial charge >= 0.3 is 0 Å². The van der Waals surface area contributed by atoms with Crippen LogP contribution in [0.1, 0.15) is 22.9 Å². The monoisotopic (exact) mass is 250 g/mol. The molecule has 4 heteroatoms. The van der Waals surface area contributed by atoms with E-state index in [1.807, 2.05) is 39.0 Å². The van der Waals surface area contributed by atoms with Crippen LogP contribution in [0.2, 0.25) is 5.02 Å². The summed E-state index contributed by atoms with van der Waals surface area (Å²) < 4.78 is 5.50. The van der Waals surface area contributed by atoms with Gasteiger partial charge in [-0.15, -0.1) is 0 Å². The third-order valence-corrected chi connectivity index (χ3v) is 3.03. The molecule has 1 aromatic carbocycles. The number of nitrogens with one attached hydrogen (secondary N) is 1. The van der Waals surface area contributed by atoms with E-state index in [1.165, 1.54) is 0 Å². The molecule has 0 saturated carbocycles. The van der Waals surface area contributed by atoms with Crippen molar-refractivity contribution in [3.05, 3.63) is 46.1 Å². The molecule has 0 spiro atoms. The topological polar surface area (TPSA) is 38.1 Å². The lowest BCUT2D eigenvalue weighted by molar-refractivity contribution is 0.478. The van der Waals surface area contributed by atoms with E-state index in [0.717, 1.165) is 22.7 Å². The summed E-state index contributed by atoms with van der Waals surface area (Å²) in [6.45, 7) is 6.40. The van der Waals surface area contributed by atoms with Gasteiger partial charge in [-0.2, -0.15) is 0 Å². The molecular weight excluding hydrogens is 236 g/mol.